The van der Waals surface area contributed by atoms with Crippen LogP contribution in [0.4, 0.5) is 11.5 Å². The molecule has 0 bridgehead atoms. The molecular weight excluding hydrogens is 272 g/mol. The highest BCUT2D eigenvalue weighted by atomic mass is 16.6. The Morgan fingerprint density at radius 1 is 1.33 bits per heavy atom. The van der Waals surface area contributed by atoms with Crippen LogP contribution in [0.3, 0.4) is 0 Å². The van der Waals surface area contributed by atoms with Gasteiger partial charge in [-0.2, -0.15) is 4.98 Å². The van der Waals surface area contributed by atoms with Crippen LogP contribution in [0.5, 0.6) is 11.6 Å². The average Bonchev–Trinajstić information content (AvgIpc) is 2.40. The minimum atomic E-state index is -0.647. The predicted molar refractivity (Wildman–Crippen MR) is 78.4 cm³/mol. The van der Waals surface area contributed by atoms with Gasteiger partial charge in [-0.25, -0.2) is 4.98 Å². The predicted octanol–water partition coefficient (Wildman–Crippen LogP) is 3.19. The molecular formula is C14H16N4O3. The van der Waals surface area contributed by atoms with Crippen molar-refractivity contribution in [3.05, 3.63) is 45.8 Å². The van der Waals surface area contributed by atoms with Crippen LogP contribution < -0.4 is 10.5 Å². The molecule has 0 aliphatic rings. The molecule has 0 unspecified atom stereocenters. The van der Waals surface area contributed by atoms with Crippen molar-refractivity contribution in [3.63, 3.8) is 0 Å². The van der Waals surface area contributed by atoms with Crippen LogP contribution >= 0.6 is 0 Å². The Kier molecular flexibility index (Phi) is 4.02. The summed E-state index contributed by atoms with van der Waals surface area (Å²) < 4.78 is 5.60. The molecule has 0 saturated carbocycles. The third kappa shape index (κ3) is 3.07. The number of nitro groups is 1. The van der Waals surface area contributed by atoms with E-state index < -0.39 is 10.6 Å². The van der Waals surface area contributed by atoms with E-state index in [4.69, 9.17) is 10.5 Å². The van der Waals surface area contributed by atoms with Gasteiger partial charge < -0.3 is 10.5 Å². The SMILES string of the molecule is Cc1ccc(C(C)C)cc1Oc1ncnc(N)c1[N+](=O)[O-]. The van der Waals surface area contributed by atoms with Gasteiger partial charge in [-0.1, -0.05) is 26.0 Å². The molecule has 0 aliphatic heterocycles. The second-order valence-corrected chi connectivity index (χ2v) is 4.95. The zero-order chi connectivity index (χ0) is 15.6. The summed E-state index contributed by atoms with van der Waals surface area (Å²) in [6.45, 7) is 5.97. The molecule has 0 amide bonds. The van der Waals surface area contributed by atoms with Crippen molar-refractivity contribution in [3.8, 4) is 11.6 Å². The molecule has 110 valence electrons. The fourth-order valence-electron chi connectivity index (χ4n) is 1.81. The molecule has 0 fully saturated rings. The molecule has 0 radical (unpaired) electrons. The third-order valence-corrected chi connectivity index (χ3v) is 3.09. The number of nitrogen functional groups attached to an aromatic ring is 1. The molecule has 1 aromatic heterocycles. The summed E-state index contributed by atoms with van der Waals surface area (Å²) in [5, 5.41) is 11.1. The van der Waals surface area contributed by atoms with E-state index in [9.17, 15) is 10.1 Å². The van der Waals surface area contributed by atoms with Crippen molar-refractivity contribution in [2.45, 2.75) is 26.7 Å². The van der Waals surface area contributed by atoms with Gasteiger partial charge in [0.25, 0.3) is 0 Å². The van der Waals surface area contributed by atoms with Gasteiger partial charge in [-0.05, 0) is 30.0 Å². The minimum absolute atomic E-state index is 0.156. The van der Waals surface area contributed by atoms with Gasteiger partial charge in [0.15, 0.2) is 0 Å². The number of rotatable bonds is 4. The van der Waals surface area contributed by atoms with Crippen molar-refractivity contribution < 1.29 is 9.66 Å². The van der Waals surface area contributed by atoms with Gasteiger partial charge in [0.05, 0.1) is 4.92 Å². The number of hydrogen-bond acceptors (Lipinski definition) is 6. The van der Waals surface area contributed by atoms with Gasteiger partial charge in [0, 0.05) is 0 Å². The number of benzene rings is 1. The van der Waals surface area contributed by atoms with E-state index in [2.05, 4.69) is 23.8 Å². The van der Waals surface area contributed by atoms with E-state index in [1.807, 2.05) is 25.1 Å². The smallest absolute Gasteiger partial charge is 0.372 e. The number of aryl methyl sites for hydroxylation is 1. The molecule has 2 N–H and O–H groups in total. The van der Waals surface area contributed by atoms with E-state index in [1.54, 1.807) is 0 Å². The van der Waals surface area contributed by atoms with Gasteiger partial charge in [-0.15, -0.1) is 0 Å². The number of ether oxygens (including phenoxy) is 1. The molecule has 2 aromatic rings. The molecule has 0 saturated heterocycles. The maximum atomic E-state index is 11.1. The van der Waals surface area contributed by atoms with Crippen LogP contribution in [0, 0.1) is 17.0 Å². The van der Waals surface area contributed by atoms with Crippen molar-refractivity contribution in [2.24, 2.45) is 0 Å². The average molecular weight is 288 g/mol. The van der Waals surface area contributed by atoms with Crippen LogP contribution in [0.2, 0.25) is 0 Å². The molecule has 7 heteroatoms. The molecule has 7 nitrogen and oxygen atoms in total. The highest BCUT2D eigenvalue weighted by molar-refractivity contribution is 5.59. The summed E-state index contributed by atoms with van der Waals surface area (Å²) in [5.74, 6) is 0.458. The fraction of sp³-hybridized carbons (Fsp3) is 0.286. The zero-order valence-electron chi connectivity index (χ0n) is 12.0. The lowest BCUT2D eigenvalue weighted by atomic mass is 10.0. The molecule has 0 aliphatic carbocycles. The Balaban J connectivity index is 2.46. The first-order valence-corrected chi connectivity index (χ1v) is 6.43. The normalized spacial score (nSPS) is 10.7. The Hall–Kier alpha value is -2.70. The lowest BCUT2D eigenvalue weighted by molar-refractivity contribution is -0.385. The zero-order valence-corrected chi connectivity index (χ0v) is 12.0. The lowest BCUT2D eigenvalue weighted by Crippen LogP contribution is -2.03. The second kappa shape index (κ2) is 5.74. The monoisotopic (exact) mass is 288 g/mol. The summed E-state index contributed by atoms with van der Waals surface area (Å²) in [6.07, 6.45) is 1.14. The fourth-order valence-corrected chi connectivity index (χ4v) is 1.81. The van der Waals surface area contributed by atoms with Crippen LogP contribution in [0.25, 0.3) is 0 Å². The summed E-state index contributed by atoms with van der Waals surface area (Å²) in [4.78, 5) is 17.8. The van der Waals surface area contributed by atoms with Crippen molar-refractivity contribution in [1.29, 1.82) is 0 Å². The number of aromatic nitrogens is 2. The van der Waals surface area contributed by atoms with Gasteiger partial charge in [0.1, 0.15) is 12.1 Å². The summed E-state index contributed by atoms with van der Waals surface area (Å²) in [6, 6.07) is 5.75. The number of hydrogen-bond donors (Lipinski definition) is 1. The molecule has 0 spiro atoms. The summed E-state index contributed by atoms with van der Waals surface area (Å²) in [5.41, 5.74) is 7.02. The van der Waals surface area contributed by atoms with E-state index in [1.165, 1.54) is 0 Å². The maximum Gasteiger partial charge on any atom is 0.372 e. The maximum absolute atomic E-state index is 11.1. The Labute approximate surface area is 121 Å². The number of nitrogens with two attached hydrogens (primary N) is 1. The standard InChI is InChI=1S/C14H16N4O3/c1-8(2)10-5-4-9(3)11(6-10)21-14-12(18(19)20)13(15)16-7-17-14/h4-8H,1-3H3,(H2,15,16,17). The van der Waals surface area contributed by atoms with Crippen LogP contribution in [0.1, 0.15) is 30.9 Å². The summed E-state index contributed by atoms with van der Waals surface area (Å²) >= 11 is 0. The molecule has 21 heavy (non-hydrogen) atoms. The lowest BCUT2D eigenvalue weighted by Gasteiger charge is -2.12. The largest absolute Gasteiger partial charge is 0.433 e. The first-order valence-electron chi connectivity index (χ1n) is 6.43. The highest BCUT2D eigenvalue weighted by Gasteiger charge is 2.23. The number of anilines is 1. The molecule has 0 atom stereocenters. The minimum Gasteiger partial charge on any atom is -0.433 e. The Morgan fingerprint density at radius 3 is 2.67 bits per heavy atom. The van der Waals surface area contributed by atoms with Crippen molar-refractivity contribution in [2.75, 3.05) is 5.73 Å². The van der Waals surface area contributed by atoms with Gasteiger partial charge in [0.2, 0.25) is 5.82 Å². The molecule has 2 rings (SSSR count). The van der Waals surface area contributed by atoms with E-state index >= 15 is 0 Å². The van der Waals surface area contributed by atoms with Gasteiger partial charge in [-0.3, -0.25) is 10.1 Å². The van der Waals surface area contributed by atoms with E-state index in [-0.39, 0.29) is 11.7 Å². The first kappa shape index (κ1) is 14.7. The quantitative estimate of drug-likeness (QED) is 0.684. The van der Waals surface area contributed by atoms with Crippen LogP contribution in [0.15, 0.2) is 24.5 Å². The van der Waals surface area contributed by atoms with E-state index in [0.29, 0.717) is 11.7 Å². The summed E-state index contributed by atoms with van der Waals surface area (Å²) in [7, 11) is 0. The van der Waals surface area contributed by atoms with Crippen molar-refractivity contribution >= 4 is 11.5 Å². The topological polar surface area (TPSA) is 104 Å². The Bertz CT molecular complexity index is 686. The third-order valence-electron chi connectivity index (χ3n) is 3.09. The van der Waals surface area contributed by atoms with Crippen molar-refractivity contribution in [1.82, 2.24) is 9.97 Å². The number of nitrogens with zero attached hydrogens (tertiary/aromatic N) is 3. The molecule has 1 heterocycles. The Morgan fingerprint density at radius 2 is 2.05 bits per heavy atom. The highest BCUT2D eigenvalue weighted by Crippen LogP contribution is 2.34. The van der Waals surface area contributed by atoms with Crippen LogP contribution in [-0.4, -0.2) is 14.9 Å². The van der Waals surface area contributed by atoms with E-state index in [0.717, 1.165) is 17.5 Å². The van der Waals surface area contributed by atoms with Crippen LogP contribution in [-0.2, 0) is 0 Å². The molecule has 1 aromatic carbocycles. The van der Waals surface area contributed by atoms with Gasteiger partial charge >= 0.3 is 11.6 Å². The second-order valence-electron chi connectivity index (χ2n) is 4.95. The first-order chi connectivity index (χ1) is 9.90.